The van der Waals surface area contributed by atoms with Crippen LogP contribution in [0, 0.1) is 0 Å². The number of morpholine rings is 2. The molecule has 2 aromatic carbocycles. The summed E-state index contributed by atoms with van der Waals surface area (Å²) in [4.78, 5) is 15.5. The van der Waals surface area contributed by atoms with E-state index in [0.717, 1.165) is 44.0 Å². The molecular formula is C24H31N3O6S. The third kappa shape index (κ3) is 5.76. The number of nitrogens with one attached hydrogen (secondary N) is 1. The molecule has 10 heteroatoms. The van der Waals surface area contributed by atoms with Gasteiger partial charge in [-0.1, -0.05) is 24.3 Å². The van der Waals surface area contributed by atoms with E-state index in [0.29, 0.717) is 25.5 Å². The Hall–Kier alpha value is -2.50. The van der Waals surface area contributed by atoms with Gasteiger partial charge in [-0.25, -0.2) is 8.42 Å². The summed E-state index contributed by atoms with van der Waals surface area (Å²) in [5.41, 5.74) is 2.33. The summed E-state index contributed by atoms with van der Waals surface area (Å²) in [6.45, 7) is 5.59. The molecule has 34 heavy (non-hydrogen) atoms. The number of nitrogens with zero attached hydrogens (tertiary/aromatic N) is 2. The van der Waals surface area contributed by atoms with Crippen molar-refractivity contribution in [3.8, 4) is 5.75 Å². The van der Waals surface area contributed by atoms with Gasteiger partial charge in [0.15, 0.2) is 0 Å². The highest BCUT2D eigenvalue weighted by molar-refractivity contribution is 7.89. The second kappa shape index (κ2) is 11.3. The minimum absolute atomic E-state index is 0.0630. The van der Waals surface area contributed by atoms with Gasteiger partial charge in [0.2, 0.25) is 10.0 Å². The van der Waals surface area contributed by atoms with Gasteiger partial charge in [0, 0.05) is 39.3 Å². The molecule has 0 saturated carbocycles. The van der Waals surface area contributed by atoms with Crippen molar-refractivity contribution in [2.24, 2.45) is 0 Å². The molecule has 2 saturated heterocycles. The Morgan fingerprint density at radius 3 is 2.29 bits per heavy atom. The zero-order valence-electron chi connectivity index (χ0n) is 19.4. The fourth-order valence-electron chi connectivity index (χ4n) is 4.12. The Labute approximate surface area is 200 Å². The SMILES string of the molecule is COc1ccc(S(=O)(=O)N2CCOCC2)cc1C(=O)NCc1ccccc1CN1CCOCC1. The topological polar surface area (TPSA) is 97.4 Å². The smallest absolute Gasteiger partial charge is 0.255 e. The average Bonchev–Trinajstić information content (AvgIpc) is 2.88. The van der Waals surface area contributed by atoms with Gasteiger partial charge in [-0.15, -0.1) is 0 Å². The molecule has 2 aliphatic rings. The molecule has 4 rings (SSSR count). The second-order valence-electron chi connectivity index (χ2n) is 8.22. The molecule has 9 nitrogen and oxygen atoms in total. The van der Waals surface area contributed by atoms with Crippen LogP contribution in [0.25, 0.3) is 0 Å². The van der Waals surface area contributed by atoms with Crippen LogP contribution in [-0.2, 0) is 32.6 Å². The van der Waals surface area contributed by atoms with Gasteiger partial charge in [-0.2, -0.15) is 4.31 Å². The molecule has 0 aromatic heterocycles. The largest absolute Gasteiger partial charge is 0.496 e. The maximum atomic E-state index is 13.1. The van der Waals surface area contributed by atoms with Gasteiger partial charge in [-0.3, -0.25) is 9.69 Å². The van der Waals surface area contributed by atoms with Crippen molar-refractivity contribution in [3.63, 3.8) is 0 Å². The standard InChI is InChI=1S/C24H31N3O6S/c1-31-23-7-6-21(34(29,30)27-10-14-33-15-11-27)16-22(23)24(28)25-17-19-4-2-3-5-20(19)18-26-8-12-32-13-9-26/h2-7,16H,8-15,17-18H2,1H3,(H,25,28). The zero-order valence-corrected chi connectivity index (χ0v) is 20.2. The Morgan fingerprint density at radius 1 is 0.971 bits per heavy atom. The molecule has 1 N–H and O–H groups in total. The second-order valence-corrected chi connectivity index (χ2v) is 10.2. The van der Waals surface area contributed by atoms with E-state index in [4.69, 9.17) is 14.2 Å². The zero-order chi connectivity index (χ0) is 24.0. The van der Waals surface area contributed by atoms with Gasteiger partial charge in [0.05, 0.1) is 44.0 Å². The first-order valence-electron chi connectivity index (χ1n) is 11.4. The van der Waals surface area contributed by atoms with Crippen LogP contribution in [0.15, 0.2) is 47.4 Å². The van der Waals surface area contributed by atoms with Crippen LogP contribution in [0.4, 0.5) is 0 Å². The number of carbonyl (C=O) groups is 1. The van der Waals surface area contributed by atoms with E-state index in [9.17, 15) is 13.2 Å². The Kier molecular flexibility index (Phi) is 8.17. The highest BCUT2D eigenvalue weighted by atomic mass is 32.2. The van der Waals surface area contributed by atoms with E-state index in [1.54, 1.807) is 0 Å². The maximum absolute atomic E-state index is 13.1. The van der Waals surface area contributed by atoms with Crippen molar-refractivity contribution < 1.29 is 27.4 Å². The normalized spacial score (nSPS) is 17.9. The van der Waals surface area contributed by atoms with Crippen LogP contribution in [-0.4, -0.2) is 83.2 Å². The number of benzene rings is 2. The van der Waals surface area contributed by atoms with Crippen molar-refractivity contribution in [2.75, 3.05) is 59.7 Å². The molecule has 1 amide bonds. The molecule has 2 fully saturated rings. The quantitative estimate of drug-likeness (QED) is 0.600. The first-order valence-corrected chi connectivity index (χ1v) is 12.8. The van der Waals surface area contributed by atoms with Gasteiger partial charge >= 0.3 is 0 Å². The first kappa shape index (κ1) is 24.6. The van der Waals surface area contributed by atoms with Crippen molar-refractivity contribution in [1.29, 1.82) is 0 Å². The molecule has 0 bridgehead atoms. The number of hydrogen-bond acceptors (Lipinski definition) is 7. The van der Waals surface area contributed by atoms with Gasteiger partial charge in [0.25, 0.3) is 5.91 Å². The van der Waals surface area contributed by atoms with Crippen LogP contribution in [0.3, 0.4) is 0 Å². The van der Waals surface area contributed by atoms with E-state index in [2.05, 4.69) is 16.3 Å². The molecule has 2 aliphatic heterocycles. The predicted molar refractivity (Wildman–Crippen MR) is 126 cm³/mol. The van der Waals surface area contributed by atoms with Crippen LogP contribution in [0.2, 0.25) is 0 Å². The number of carbonyl (C=O) groups excluding carboxylic acids is 1. The summed E-state index contributed by atoms with van der Waals surface area (Å²) in [7, 11) is -2.27. The lowest BCUT2D eigenvalue weighted by Crippen LogP contribution is -2.40. The van der Waals surface area contributed by atoms with Crippen molar-refractivity contribution >= 4 is 15.9 Å². The molecule has 184 valence electrons. The Balaban J connectivity index is 1.49. The highest BCUT2D eigenvalue weighted by Crippen LogP contribution is 2.25. The average molecular weight is 490 g/mol. The number of hydrogen-bond donors (Lipinski definition) is 1. The monoisotopic (exact) mass is 489 g/mol. The predicted octanol–water partition coefficient (Wildman–Crippen LogP) is 1.48. The Morgan fingerprint density at radius 2 is 1.62 bits per heavy atom. The van der Waals surface area contributed by atoms with E-state index in [1.165, 1.54) is 29.6 Å². The van der Waals surface area contributed by atoms with E-state index in [1.807, 2.05) is 18.2 Å². The van der Waals surface area contributed by atoms with Crippen LogP contribution < -0.4 is 10.1 Å². The molecule has 0 radical (unpaired) electrons. The number of ether oxygens (including phenoxy) is 3. The Bertz CT molecular complexity index is 1100. The third-order valence-electron chi connectivity index (χ3n) is 6.08. The molecule has 0 aliphatic carbocycles. The summed E-state index contributed by atoms with van der Waals surface area (Å²) in [5.74, 6) is -0.0721. The lowest BCUT2D eigenvalue weighted by atomic mass is 10.1. The highest BCUT2D eigenvalue weighted by Gasteiger charge is 2.28. The molecule has 0 unspecified atom stereocenters. The lowest BCUT2D eigenvalue weighted by molar-refractivity contribution is 0.0340. The molecule has 0 spiro atoms. The fraction of sp³-hybridized carbons (Fsp3) is 0.458. The molecular weight excluding hydrogens is 458 g/mol. The molecule has 2 aromatic rings. The van der Waals surface area contributed by atoms with Crippen molar-refractivity contribution in [1.82, 2.24) is 14.5 Å². The van der Waals surface area contributed by atoms with Gasteiger partial charge in [-0.05, 0) is 29.3 Å². The van der Waals surface area contributed by atoms with Crippen molar-refractivity contribution in [3.05, 3.63) is 59.2 Å². The number of rotatable bonds is 8. The summed E-state index contributed by atoms with van der Waals surface area (Å²) >= 11 is 0. The number of methoxy groups -OCH3 is 1. The van der Waals surface area contributed by atoms with Crippen LogP contribution in [0.1, 0.15) is 21.5 Å². The minimum atomic E-state index is -3.73. The van der Waals surface area contributed by atoms with E-state index < -0.39 is 15.9 Å². The molecule has 0 atom stereocenters. The van der Waals surface area contributed by atoms with E-state index >= 15 is 0 Å². The van der Waals surface area contributed by atoms with Crippen LogP contribution >= 0.6 is 0 Å². The fourth-order valence-corrected chi connectivity index (χ4v) is 5.55. The number of amides is 1. The summed E-state index contributed by atoms with van der Waals surface area (Å²) in [6.07, 6.45) is 0. The first-order chi connectivity index (χ1) is 16.5. The summed E-state index contributed by atoms with van der Waals surface area (Å²) in [5, 5.41) is 2.94. The summed E-state index contributed by atoms with van der Waals surface area (Å²) in [6, 6.07) is 12.4. The van der Waals surface area contributed by atoms with Crippen LogP contribution in [0.5, 0.6) is 5.75 Å². The van der Waals surface area contributed by atoms with Crippen molar-refractivity contribution in [2.45, 2.75) is 18.0 Å². The molecule has 2 heterocycles. The van der Waals surface area contributed by atoms with Gasteiger partial charge in [0.1, 0.15) is 5.75 Å². The third-order valence-corrected chi connectivity index (χ3v) is 7.97. The number of sulfonamides is 1. The van der Waals surface area contributed by atoms with E-state index in [-0.39, 0.29) is 23.5 Å². The maximum Gasteiger partial charge on any atom is 0.255 e. The minimum Gasteiger partial charge on any atom is -0.496 e. The summed E-state index contributed by atoms with van der Waals surface area (Å²) < 4.78 is 43.5. The lowest BCUT2D eigenvalue weighted by Gasteiger charge is -2.27. The van der Waals surface area contributed by atoms with Gasteiger partial charge < -0.3 is 19.5 Å².